The third-order valence-electron chi connectivity index (χ3n) is 4.18. The van der Waals surface area contributed by atoms with Crippen LogP contribution in [0.15, 0.2) is 47.6 Å². The number of halogens is 2. The zero-order valence-electron chi connectivity index (χ0n) is 16.3. The highest BCUT2D eigenvalue weighted by Crippen LogP contribution is 2.22. The van der Waals surface area contributed by atoms with E-state index in [0.29, 0.717) is 32.4 Å². The molecule has 0 spiro atoms. The molecule has 0 saturated carbocycles. The molecule has 2 N–H and O–H groups in total. The second-order valence-electron chi connectivity index (χ2n) is 6.49. The average Bonchev–Trinajstić information content (AvgIpc) is 3.04. The van der Waals surface area contributed by atoms with Crippen molar-refractivity contribution in [1.29, 1.82) is 0 Å². The van der Waals surface area contributed by atoms with Gasteiger partial charge in [-0.05, 0) is 48.9 Å². The first-order valence-corrected chi connectivity index (χ1v) is 10.7. The minimum atomic E-state index is -0.224. The molecule has 1 heterocycles. The van der Waals surface area contributed by atoms with Crippen LogP contribution < -0.4 is 10.6 Å². The van der Waals surface area contributed by atoms with Crippen LogP contribution in [0.2, 0.25) is 10.0 Å². The van der Waals surface area contributed by atoms with Crippen LogP contribution in [0.3, 0.4) is 0 Å². The van der Waals surface area contributed by atoms with Crippen LogP contribution in [0.25, 0.3) is 0 Å². The summed E-state index contributed by atoms with van der Waals surface area (Å²) >= 11 is 13.1. The van der Waals surface area contributed by atoms with E-state index in [-0.39, 0.29) is 24.0 Å². The van der Waals surface area contributed by atoms with Crippen LogP contribution >= 0.6 is 35.0 Å². The summed E-state index contributed by atoms with van der Waals surface area (Å²) in [5.41, 5.74) is 2.24. The predicted molar refractivity (Wildman–Crippen MR) is 120 cm³/mol. The van der Waals surface area contributed by atoms with Gasteiger partial charge >= 0.3 is 0 Å². The van der Waals surface area contributed by atoms with Crippen molar-refractivity contribution in [2.24, 2.45) is 7.05 Å². The number of benzene rings is 2. The van der Waals surface area contributed by atoms with Crippen molar-refractivity contribution in [3.8, 4) is 0 Å². The Morgan fingerprint density at radius 2 is 1.70 bits per heavy atom. The Kier molecular flexibility index (Phi) is 7.36. The van der Waals surface area contributed by atoms with E-state index in [2.05, 4.69) is 20.8 Å². The lowest BCUT2D eigenvalue weighted by atomic mass is 10.2. The van der Waals surface area contributed by atoms with Gasteiger partial charge in [-0.2, -0.15) is 0 Å². The van der Waals surface area contributed by atoms with E-state index >= 15 is 0 Å². The second-order valence-corrected chi connectivity index (χ2v) is 8.30. The molecule has 0 unspecified atom stereocenters. The molecule has 0 aliphatic rings. The van der Waals surface area contributed by atoms with Crippen LogP contribution in [0.5, 0.6) is 0 Å². The fourth-order valence-corrected chi connectivity index (χ4v) is 3.58. The SMILES string of the molecule is Cc1ccc(Cl)cc1NC(=O)CSc1nnc(CC(=O)Nc2ccc(Cl)cc2)n1C. The minimum Gasteiger partial charge on any atom is -0.326 e. The van der Waals surface area contributed by atoms with Gasteiger partial charge in [-0.25, -0.2) is 0 Å². The summed E-state index contributed by atoms with van der Waals surface area (Å²) in [5, 5.41) is 15.4. The number of anilines is 2. The predicted octanol–water partition coefficient (Wildman–Crippen LogP) is 4.34. The number of nitrogens with zero attached hydrogens (tertiary/aromatic N) is 3. The van der Waals surface area contributed by atoms with E-state index in [9.17, 15) is 9.59 Å². The molecule has 0 aliphatic carbocycles. The van der Waals surface area contributed by atoms with Gasteiger partial charge in [0.25, 0.3) is 0 Å². The molecular weight excluding hydrogens is 445 g/mol. The van der Waals surface area contributed by atoms with E-state index in [1.54, 1.807) is 48.0 Å². The van der Waals surface area contributed by atoms with Gasteiger partial charge in [-0.15, -0.1) is 10.2 Å². The number of rotatable bonds is 7. The first-order valence-electron chi connectivity index (χ1n) is 8.94. The molecule has 156 valence electrons. The van der Waals surface area contributed by atoms with Gasteiger partial charge in [0.1, 0.15) is 5.82 Å². The first kappa shape index (κ1) is 22.1. The molecule has 2 amide bonds. The third kappa shape index (κ3) is 5.98. The number of hydrogen-bond donors (Lipinski definition) is 2. The Morgan fingerprint density at radius 3 is 2.43 bits per heavy atom. The summed E-state index contributed by atoms with van der Waals surface area (Å²) in [5.74, 6) is 0.235. The van der Waals surface area contributed by atoms with Crippen molar-refractivity contribution < 1.29 is 9.59 Å². The maximum atomic E-state index is 12.3. The average molecular weight is 464 g/mol. The lowest BCUT2D eigenvalue weighted by Crippen LogP contribution is -2.17. The molecule has 0 saturated heterocycles. The molecule has 10 heteroatoms. The summed E-state index contributed by atoms with van der Waals surface area (Å²) < 4.78 is 1.70. The third-order valence-corrected chi connectivity index (χ3v) is 5.69. The van der Waals surface area contributed by atoms with Crippen molar-refractivity contribution in [2.45, 2.75) is 18.5 Å². The molecule has 0 atom stereocenters. The molecule has 2 aromatic carbocycles. The Morgan fingerprint density at radius 1 is 1.00 bits per heavy atom. The second kappa shape index (κ2) is 9.97. The monoisotopic (exact) mass is 463 g/mol. The summed E-state index contributed by atoms with van der Waals surface area (Å²) in [4.78, 5) is 24.5. The Bertz CT molecular complexity index is 1070. The zero-order chi connectivity index (χ0) is 21.7. The Hall–Kier alpha value is -2.55. The van der Waals surface area contributed by atoms with E-state index in [1.807, 2.05) is 13.0 Å². The normalized spacial score (nSPS) is 10.7. The summed E-state index contributed by atoms with van der Waals surface area (Å²) in [6.45, 7) is 1.89. The highest BCUT2D eigenvalue weighted by Gasteiger charge is 2.15. The van der Waals surface area contributed by atoms with Crippen LogP contribution in [-0.2, 0) is 23.1 Å². The Labute approximate surface area is 188 Å². The van der Waals surface area contributed by atoms with Crippen molar-refractivity contribution >= 4 is 58.2 Å². The molecular formula is C20H19Cl2N5O2S. The number of amides is 2. The van der Waals surface area contributed by atoms with Crippen LogP contribution in [0, 0.1) is 6.92 Å². The number of carbonyl (C=O) groups excluding carboxylic acids is 2. The molecule has 3 aromatic rings. The molecule has 0 aliphatic heterocycles. The van der Waals surface area contributed by atoms with Gasteiger partial charge < -0.3 is 15.2 Å². The van der Waals surface area contributed by atoms with Gasteiger partial charge in [0.2, 0.25) is 11.8 Å². The summed E-state index contributed by atoms with van der Waals surface area (Å²) in [7, 11) is 1.76. The summed E-state index contributed by atoms with van der Waals surface area (Å²) in [6, 6.07) is 12.2. The van der Waals surface area contributed by atoms with Gasteiger partial charge in [0.05, 0.1) is 12.2 Å². The van der Waals surface area contributed by atoms with Crippen molar-refractivity contribution in [3.63, 3.8) is 0 Å². The number of thioether (sulfide) groups is 1. The van der Waals surface area contributed by atoms with Gasteiger partial charge in [-0.1, -0.05) is 41.0 Å². The van der Waals surface area contributed by atoms with Crippen LogP contribution in [0.4, 0.5) is 11.4 Å². The highest BCUT2D eigenvalue weighted by atomic mass is 35.5. The lowest BCUT2D eigenvalue weighted by molar-refractivity contribution is -0.116. The standard InChI is InChI=1S/C20H19Cl2N5O2S/c1-12-3-4-14(22)9-16(12)24-19(29)11-30-20-26-25-17(27(20)2)10-18(28)23-15-7-5-13(21)6-8-15/h3-9H,10-11H2,1-2H3,(H,23,28)(H,24,29). The maximum Gasteiger partial charge on any atom is 0.234 e. The number of nitrogens with one attached hydrogen (secondary N) is 2. The minimum absolute atomic E-state index is 0.0561. The topological polar surface area (TPSA) is 88.9 Å². The largest absolute Gasteiger partial charge is 0.326 e. The van der Waals surface area contributed by atoms with E-state index in [4.69, 9.17) is 23.2 Å². The molecule has 30 heavy (non-hydrogen) atoms. The molecule has 0 bridgehead atoms. The smallest absolute Gasteiger partial charge is 0.234 e. The van der Waals surface area contributed by atoms with Crippen molar-refractivity contribution in [3.05, 3.63) is 63.9 Å². The van der Waals surface area contributed by atoms with Gasteiger partial charge in [-0.3, -0.25) is 9.59 Å². The zero-order valence-corrected chi connectivity index (χ0v) is 18.6. The van der Waals surface area contributed by atoms with Gasteiger partial charge in [0.15, 0.2) is 5.16 Å². The highest BCUT2D eigenvalue weighted by molar-refractivity contribution is 7.99. The number of aryl methyl sites for hydroxylation is 1. The van der Waals surface area contributed by atoms with Crippen LogP contribution in [-0.4, -0.2) is 32.3 Å². The molecule has 0 radical (unpaired) electrons. The van der Waals surface area contributed by atoms with Crippen molar-refractivity contribution in [1.82, 2.24) is 14.8 Å². The number of hydrogen-bond acceptors (Lipinski definition) is 5. The fraction of sp³-hybridized carbons (Fsp3) is 0.200. The van der Waals surface area contributed by atoms with Crippen LogP contribution in [0.1, 0.15) is 11.4 Å². The van der Waals surface area contributed by atoms with Gasteiger partial charge in [0, 0.05) is 28.5 Å². The number of aromatic nitrogens is 3. The molecule has 3 rings (SSSR count). The first-order chi connectivity index (χ1) is 14.3. The molecule has 0 fully saturated rings. The summed E-state index contributed by atoms with van der Waals surface area (Å²) in [6.07, 6.45) is 0.0561. The quantitative estimate of drug-likeness (QED) is 0.508. The maximum absolute atomic E-state index is 12.3. The van der Waals surface area contributed by atoms with E-state index in [1.165, 1.54) is 11.8 Å². The molecule has 1 aromatic heterocycles. The molecule has 7 nitrogen and oxygen atoms in total. The Balaban J connectivity index is 1.54. The lowest BCUT2D eigenvalue weighted by Gasteiger charge is -2.09. The van der Waals surface area contributed by atoms with E-state index < -0.39 is 0 Å². The fourth-order valence-electron chi connectivity index (χ4n) is 2.55. The van der Waals surface area contributed by atoms with Crippen molar-refractivity contribution in [2.75, 3.05) is 16.4 Å². The number of carbonyl (C=O) groups is 2. The van der Waals surface area contributed by atoms with E-state index in [0.717, 1.165) is 5.56 Å².